The average Bonchev–Trinajstić information content (AvgIpc) is 2.38. The van der Waals surface area contributed by atoms with Gasteiger partial charge in [0.25, 0.3) is 0 Å². The fourth-order valence-corrected chi connectivity index (χ4v) is 3.47. The Bertz CT molecular complexity index is 298. The van der Waals surface area contributed by atoms with Crippen LogP contribution in [-0.4, -0.2) is 62.0 Å². The largest absolute Gasteiger partial charge is 0.342 e. The standard InChI is InChI=1S/C15H29N3O/c1-12-10-14(4-7-16-12)15(19)18-8-5-13(6-9-18)11-17(2)3/h12-14,16H,4-11H2,1-3H3. The lowest BCUT2D eigenvalue weighted by Gasteiger charge is -2.37. The van der Waals surface area contributed by atoms with Crippen LogP contribution in [0.2, 0.25) is 0 Å². The van der Waals surface area contributed by atoms with Crippen molar-refractivity contribution >= 4 is 5.91 Å². The fourth-order valence-electron chi connectivity index (χ4n) is 3.47. The molecular weight excluding hydrogens is 238 g/mol. The zero-order valence-corrected chi connectivity index (χ0v) is 12.7. The highest BCUT2D eigenvalue weighted by Gasteiger charge is 2.30. The van der Waals surface area contributed by atoms with Gasteiger partial charge in [-0.1, -0.05) is 0 Å². The quantitative estimate of drug-likeness (QED) is 0.834. The Morgan fingerprint density at radius 3 is 2.53 bits per heavy atom. The number of amides is 1. The highest BCUT2D eigenvalue weighted by atomic mass is 16.2. The van der Waals surface area contributed by atoms with Crippen molar-refractivity contribution in [2.24, 2.45) is 11.8 Å². The summed E-state index contributed by atoms with van der Waals surface area (Å²) in [6.07, 6.45) is 4.37. The number of carbonyl (C=O) groups is 1. The maximum atomic E-state index is 12.5. The summed E-state index contributed by atoms with van der Waals surface area (Å²) in [4.78, 5) is 16.9. The van der Waals surface area contributed by atoms with Crippen LogP contribution in [0.3, 0.4) is 0 Å². The monoisotopic (exact) mass is 267 g/mol. The van der Waals surface area contributed by atoms with Gasteiger partial charge in [-0.3, -0.25) is 4.79 Å². The summed E-state index contributed by atoms with van der Waals surface area (Å²) in [7, 11) is 4.27. The minimum atomic E-state index is 0.265. The first-order valence-corrected chi connectivity index (χ1v) is 7.73. The van der Waals surface area contributed by atoms with E-state index in [1.165, 1.54) is 12.8 Å². The van der Waals surface area contributed by atoms with Gasteiger partial charge in [0.15, 0.2) is 0 Å². The smallest absolute Gasteiger partial charge is 0.225 e. The second-order valence-corrected chi connectivity index (χ2v) is 6.61. The van der Waals surface area contributed by atoms with Crippen LogP contribution in [0.15, 0.2) is 0 Å². The maximum Gasteiger partial charge on any atom is 0.225 e. The molecule has 4 nitrogen and oxygen atoms in total. The van der Waals surface area contributed by atoms with Crippen molar-refractivity contribution in [2.45, 2.75) is 38.6 Å². The van der Waals surface area contributed by atoms with E-state index in [0.29, 0.717) is 11.9 Å². The Balaban J connectivity index is 1.78. The number of piperidine rings is 2. The summed E-state index contributed by atoms with van der Waals surface area (Å²) >= 11 is 0. The molecule has 0 aromatic rings. The van der Waals surface area contributed by atoms with Crippen LogP contribution in [-0.2, 0) is 4.79 Å². The highest BCUT2D eigenvalue weighted by molar-refractivity contribution is 5.79. The van der Waals surface area contributed by atoms with Gasteiger partial charge in [0, 0.05) is 31.6 Å². The topological polar surface area (TPSA) is 35.6 Å². The molecule has 2 saturated heterocycles. The third-order valence-electron chi connectivity index (χ3n) is 4.52. The van der Waals surface area contributed by atoms with E-state index in [1.807, 2.05) is 0 Å². The predicted molar refractivity (Wildman–Crippen MR) is 78.0 cm³/mol. The third-order valence-corrected chi connectivity index (χ3v) is 4.52. The molecule has 2 atom stereocenters. The van der Waals surface area contributed by atoms with Gasteiger partial charge in [0.2, 0.25) is 5.91 Å². The number of hydrogen-bond donors (Lipinski definition) is 1. The molecule has 0 radical (unpaired) electrons. The zero-order valence-electron chi connectivity index (χ0n) is 12.7. The van der Waals surface area contributed by atoms with Crippen molar-refractivity contribution < 1.29 is 4.79 Å². The highest BCUT2D eigenvalue weighted by Crippen LogP contribution is 2.23. The Labute approximate surface area is 117 Å². The lowest BCUT2D eigenvalue weighted by atomic mass is 9.90. The maximum absolute atomic E-state index is 12.5. The van der Waals surface area contributed by atoms with E-state index in [9.17, 15) is 4.79 Å². The van der Waals surface area contributed by atoms with E-state index in [0.717, 1.165) is 44.9 Å². The summed E-state index contributed by atoms with van der Waals surface area (Å²) in [5.41, 5.74) is 0. The predicted octanol–water partition coefficient (Wildman–Crippen LogP) is 1.17. The number of likely N-dealkylation sites (tertiary alicyclic amines) is 1. The number of nitrogens with one attached hydrogen (secondary N) is 1. The number of carbonyl (C=O) groups excluding carboxylic acids is 1. The van der Waals surface area contributed by atoms with Gasteiger partial charge >= 0.3 is 0 Å². The molecule has 0 saturated carbocycles. The molecule has 0 aromatic carbocycles. The van der Waals surface area contributed by atoms with E-state index in [1.54, 1.807) is 0 Å². The molecule has 0 spiro atoms. The first-order valence-electron chi connectivity index (χ1n) is 7.73. The normalized spacial score (nSPS) is 29.8. The molecule has 0 aromatic heterocycles. The van der Waals surface area contributed by atoms with E-state index >= 15 is 0 Å². The van der Waals surface area contributed by atoms with Crippen molar-refractivity contribution in [1.29, 1.82) is 0 Å². The summed E-state index contributed by atoms with van der Waals surface area (Å²) in [5.74, 6) is 1.45. The van der Waals surface area contributed by atoms with Gasteiger partial charge in [0.1, 0.15) is 0 Å². The van der Waals surface area contributed by atoms with Crippen LogP contribution in [0.5, 0.6) is 0 Å². The Hall–Kier alpha value is -0.610. The molecule has 2 heterocycles. The van der Waals surface area contributed by atoms with Gasteiger partial charge in [0.05, 0.1) is 0 Å². The van der Waals surface area contributed by atoms with Crippen LogP contribution in [0.1, 0.15) is 32.6 Å². The van der Waals surface area contributed by atoms with Crippen molar-refractivity contribution in [2.75, 3.05) is 40.3 Å². The van der Waals surface area contributed by atoms with Crippen LogP contribution in [0.4, 0.5) is 0 Å². The van der Waals surface area contributed by atoms with Crippen molar-refractivity contribution in [3.05, 3.63) is 0 Å². The lowest BCUT2D eigenvalue weighted by Crippen LogP contribution is -2.47. The Morgan fingerprint density at radius 1 is 1.26 bits per heavy atom. The molecule has 19 heavy (non-hydrogen) atoms. The second-order valence-electron chi connectivity index (χ2n) is 6.61. The van der Waals surface area contributed by atoms with Gasteiger partial charge in [-0.15, -0.1) is 0 Å². The SMILES string of the molecule is CC1CC(C(=O)N2CCC(CN(C)C)CC2)CCN1. The van der Waals surface area contributed by atoms with Crippen LogP contribution in [0.25, 0.3) is 0 Å². The van der Waals surface area contributed by atoms with Crippen molar-refractivity contribution in [1.82, 2.24) is 15.1 Å². The van der Waals surface area contributed by atoms with Crippen molar-refractivity contribution in [3.8, 4) is 0 Å². The molecule has 4 heteroatoms. The third kappa shape index (κ3) is 4.18. The van der Waals surface area contributed by atoms with Gasteiger partial charge in [-0.25, -0.2) is 0 Å². The van der Waals surface area contributed by atoms with Crippen LogP contribution in [0, 0.1) is 11.8 Å². The molecule has 2 aliphatic heterocycles. The fraction of sp³-hybridized carbons (Fsp3) is 0.933. The molecular formula is C15H29N3O. The zero-order chi connectivity index (χ0) is 13.8. The first-order chi connectivity index (χ1) is 9.06. The molecule has 2 aliphatic rings. The average molecular weight is 267 g/mol. The molecule has 0 bridgehead atoms. The Kier molecular flexibility index (Phi) is 5.22. The first kappa shape index (κ1) is 14.8. The number of rotatable bonds is 3. The summed E-state index contributed by atoms with van der Waals surface area (Å²) < 4.78 is 0. The minimum Gasteiger partial charge on any atom is -0.342 e. The van der Waals surface area contributed by atoms with Gasteiger partial charge in [-0.2, -0.15) is 0 Å². The Morgan fingerprint density at radius 2 is 1.95 bits per heavy atom. The summed E-state index contributed by atoms with van der Waals surface area (Å²) in [6, 6.07) is 0.494. The van der Waals surface area contributed by atoms with Crippen LogP contribution < -0.4 is 5.32 Å². The lowest BCUT2D eigenvalue weighted by molar-refractivity contribution is -0.138. The van der Waals surface area contributed by atoms with E-state index in [4.69, 9.17) is 0 Å². The molecule has 2 unspecified atom stereocenters. The van der Waals surface area contributed by atoms with E-state index < -0.39 is 0 Å². The number of hydrogen-bond acceptors (Lipinski definition) is 3. The molecule has 2 fully saturated rings. The number of nitrogens with zero attached hydrogens (tertiary/aromatic N) is 2. The summed E-state index contributed by atoms with van der Waals surface area (Å²) in [6.45, 7) is 6.27. The van der Waals surface area contributed by atoms with E-state index in [2.05, 4.69) is 36.1 Å². The molecule has 2 rings (SSSR count). The van der Waals surface area contributed by atoms with Gasteiger partial charge < -0.3 is 15.1 Å². The second kappa shape index (κ2) is 6.71. The summed E-state index contributed by atoms with van der Waals surface area (Å²) in [5, 5.41) is 3.42. The van der Waals surface area contributed by atoms with Gasteiger partial charge in [-0.05, 0) is 59.2 Å². The van der Waals surface area contributed by atoms with Crippen LogP contribution >= 0.6 is 0 Å². The minimum absolute atomic E-state index is 0.265. The molecule has 1 amide bonds. The van der Waals surface area contributed by atoms with Crippen molar-refractivity contribution in [3.63, 3.8) is 0 Å². The molecule has 110 valence electrons. The molecule has 0 aliphatic carbocycles. The van der Waals surface area contributed by atoms with E-state index in [-0.39, 0.29) is 5.92 Å². The molecule has 1 N–H and O–H groups in total.